The van der Waals surface area contributed by atoms with Gasteiger partial charge in [0.05, 0.1) is 11.4 Å². The number of thiophene rings is 1. The third-order valence-electron chi connectivity index (χ3n) is 10.7. The van der Waals surface area contributed by atoms with Crippen molar-refractivity contribution in [1.82, 2.24) is 9.97 Å². The first-order valence-electron chi connectivity index (χ1n) is 17.8. The minimum atomic E-state index is -0.105. The molecular formula is C49H34N2S. The topological polar surface area (TPSA) is 25.8 Å². The second-order valence-electron chi connectivity index (χ2n) is 14.2. The summed E-state index contributed by atoms with van der Waals surface area (Å²) in [5.74, 6) is 0.717. The van der Waals surface area contributed by atoms with Crippen molar-refractivity contribution < 1.29 is 0 Å². The molecule has 3 heteroatoms. The van der Waals surface area contributed by atoms with Crippen LogP contribution in [0.2, 0.25) is 0 Å². The lowest BCUT2D eigenvalue weighted by Gasteiger charge is -2.22. The Hall–Kier alpha value is -6.16. The summed E-state index contributed by atoms with van der Waals surface area (Å²) in [5, 5.41) is 2.60. The van der Waals surface area contributed by atoms with Crippen molar-refractivity contribution in [3.8, 4) is 67.3 Å². The molecule has 1 aliphatic rings. The summed E-state index contributed by atoms with van der Waals surface area (Å²) >= 11 is 1.87. The van der Waals surface area contributed by atoms with Crippen LogP contribution in [0.25, 0.3) is 87.5 Å². The SMILES string of the molecule is CC1(C)c2ccccc2-c2ccc(-c3cc(-c4cc(-c5ccccc5)cc(-c5cccc6c5sc5ccccc56)c4)nc(-c4ccccc4)n3)cc21. The third kappa shape index (κ3) is 5.00. The zero-order valence-corrected chi connectivity index (χ0v) is 29.8. The van der Waals surface area contributed by atoms with Crippen LogP contribution >= 0.6 is 11.3 Å². The van der Waals surface area contributed by atoms with Crippen molar-refractivity contribution in [3.05, 3.63) is 181 Å². The summed E-state index contributed by atoms with van der Waals surface area (Å²) < 4.78 is 2.60. The van der Waals surface area contributed by atoms with Gasteiger partial charge in [-0.3, -0.25) is 0 Å². The average molecular weight is 683 g/mol. The van der Waals surface area contributed by atoms with E-state index in [0.29, 0.717) is 0 Å². The van der Waals surface area contributed by atoms with Crippen LogP contribution in [0.1, 0.15) is 25.0 Å². The Bertz CT molecular complexity index is 2810. The number of rotatable bonds is 5. The number of benzene rings is 7. The van der Waals surface area contributed by atoms with Gasteiger partial charge in [0.1, 0.15) is 0 Å². The van der Waals surface area contributed by atoms with Gasteiger partial charge in [-0.15, -0.1) is 11.3 Å². The minimum Gasteiger partial charge on any atom is -0.228 e. The van der Waals surface area contributed by atoms with Gasteiger partial charge < -0.3 is 0 Å². The van der Waals surface area contributed by atoms with Crippen molar-refractivity contribution in [2.45, 2.75) is 19.3 Å². The number of fused-ring (bicyclic) bond motifs is 6. The first kappa shape index (κ1) is 30.6. The molecule has 0 atom stereocenters. The van der Waals surface area contributed by atoms with Crippen LogP contribution in [-0.4, -0.2) is 9.97 Å². The zero-order valence-electron chi connectivity index (χ0n) is 29.0. The highest BCUT2D eigenvalue weighted by molar-refractivity contribution is 7.26. The molecule has 0 saturated carbocycles. The highest BCUT2D eigenvalue weighted by atomic mass is 32.1. The molecule has 0 unspecified atom stereocenters. The van der Waals surface area contributed by atoms with Crippen LogP contribution in [-0.2, 0) is 5.41 Å². The molecule has 9 aromatic rings. The van der Waals surface area contributed by atoms with Crippen molar-refractivity contribution >= 4 is 31.5 Å². The van der Waals surface area contributed by atoms with Gasteiger partial charge in [-0.2, -0.15) is 0 Å². The summed E-state index contributed by atoms with van der Waals surface area (Å²) in [6.07, 6.45) is 0. The molecule has 7 aromatic carbocycles. The van der Waals surface area contributed by atoms with Crippen LogP contribution in [0, 0.1) is 0 Å². The molecule has 52 heavy (non-hydrogen) atoms. The van der Waals surface area contributed by atoms with Crippen LogP contribution in [0.3, 0.4) is 0 Å². The van der Waals surface area contributed by atoms with Gasteiger partial charge in [-0.1, -0.05) is 147 Å². The third-order valence-corrected chi connectivity index (χ3v) is 11.9. The second-order valence-corrected chi connectivity index (χ2v) is 15.3. The van der Waals surface area contributed by atoms with Gasteiger partial charge in [-0.05, 0) is 80.9 Å². The van der Waals surface area contributed by atoms with Gasteiger partial charge in [0.2, 0.25) is 0 Å². The quantitative estimate of drug-likeness (QED) is 0.181. The van der Waals surface area contributed by atoms with Crippen LogP contribution in [0.15, 0.2) is 170 Å². The predicted octanol–water partition coefficient (Wildman–Crippen LogP) is 13.5. The maximum Gasteiger partial charge on any atom is 0.160 e. The largest absolute Gasteiger partial charge is 0.228 e. The summed E-state index contributed by atoms with van der Waals surface area (Å²) in [7, 11) is 0. The average Bonchev–Trinajstić information content (AvgIpc) is 3.70. The second kappa shape index (κ2) is 12.0. The summed E-state index contributed by atoms with van der Waals surface area (Å²) in [5.41, 5.74) is 14.9. The molecule has 0 aliphatic heterocycles. The molecule has 0 bridgehead atoms. The summed E-state index contributed by atoms with van der Waals surface area (Å²) in [6, 6.07) is 61.2. The van der Waals surface area contributed by atoms with Gasteiger partial charge in [0.25, 0.3) is 0 Å². The molecule has 0 fully saturated rings. The van der Waals surface area contributed by atoms with E-state index < -0.39 is 0 Å². The lowest BCUT2D eigenvalue weighted by Crippen LogP contribution is -2.14. The fourth-order valence-electron chi connectivity index (χ4n) is 8.03. The lowest BCUT2D eigenvalue weighted by molar-refractivity contribution is 0.660. The molecule has 0 amide bonds. The standard InChI is InChI=1S/C49H34N2S/c1-49(2)42-22-11-9-18-38(42)39-25-24-33(29-43(39)49)44-30-45(51-48(50-44)32-16-7-4-8-17-32)36-27-34(31-14-5-3-6-15-31)26-35(28-36)37-20-13-21-41-40-19-10-12-23-46(40)52-47(37)41/h3-30H,1-2H3. The van der Waals surface area contributed by atoms with E-state index >= 15 is 0 Å². The maximum atomic E-state index is 5.29. The Morgan fingerprint density at radius 2 is 1.02 bits per heavy atom. The molecule has 0 saturated heterocycles. The number of hydrogen-bond donors (Lipinski definition) is 0. The maximum absolute atomic E-state index is 5.29. The molecule has 246 valence electrons. The van der Waals surface area contributed by atoms with Crippen LogP contribution in [0.4, 0.5) is 0 Å². The Morgan fingerprint density at radius 1 is 0.404 bits per heavy atom. The molecule has 2 aromatic heterocycles. The number of hydrogen-bond acceptors (Lipinski definition) is 3. The lowest BCUT2D eigenvalue weighted by atomic mass is 9.82. The molecule has 2 heterocycles. The molecular weight excluding hydrogens is 649 g/mol. The molecule has 0 N–H and O–H groups in total. The van der Waals surface area contributed by atoms with E-state index in [-0.39, 0.29) is 5.41 Å². The Labute approximate surface area is 307 Å². The van der Waals surface area contributed by atoms with E-state index in [4.69, 9.17) is 9.97 Å². The van der Waals surface area contributed by atoms with E-state index in [1.807, 2.05) is 17.4 Å². The fourth-order valence-corrected chi connectivity index (χ4v) is 9.26. The van der Waals surface area contributed by atoms with E-state index in [1.165, 1.54) is 59.1 Å². The van der Waals surface area contributed by atoms with E-state index in [1.54, 1.807) is 0 Å². The van der Waals surface area contributed by atoms with Gasteiger partial charge in [0.15, 0.2) is 5.82 Å². The van der Waals surface area contributed by atoms with Crippen LogP contribution in [0.5, 0.6) is 0 Å². The van der Waals surface area contributed by atoms with Crippen LogP contribution < -0.4 is 0 Å². The van der Waals surface area contributed by atoms with Crippen molar-refractivity contribution in [2.24, 2.45) is 0 Å². The van der Waals surface area contributed by atoms with E-state index in [2.05, 4.69) is 178 Å². The predicted molar refractivity (Wildman–Crippen MR) is 220 cm³/mol. The fraction of sp³-hybridized carbons (Fsp3) is 0.0612. The molecule has 1 aliphatic carbocycles. The first-order chi connectivity index (χ1) is 25.5. The molecule has 2 nitrogen and oxygen atoms in total. The summed E-state index contributed by atoms with van der Waals surface area (Å²) in [4.78, 5) is 10.5. The Morgan fingerprint density at radius 3 is 1.85 bits per heavy atom. The number of aromatic nitrogens is 2. The minimum absolute atomic E-state index is 0.105. The van der Waals surface area contributed by atoms with E-state index in [0.717, 1.165) is 39.5 Å². The summed E-state index contributed by atoms with van der Waals surface area (Å²) in [6.45, 7) is 4.66. The van der Waals surface area contributed by atoms with Gasteiger partial charge in [0, 0.05) is 42.3 Å². The molecule has 0 radical (unpaired) electrons. The van der Waals surface area contributed by atoms with Gasteiger partial charge in [-0.25, -0.2) is 9.97 Å². The highest BCUT2D eigenvalue weighted by Gasteiger charge is 2.35. The Kier molecular flexibility index (Phi) is 7.06. The number of nitrogens with zero attached hydrogens (tertiary/aromatic N) is 2. The molecule has 10 rings (SSSR count). The van der Waals surface area contributed by atoms with Crippen molar-refractivity contribution in [1.29, 1.82) is 0 Å². The van der Waals surface area contributed by atoms with E-state index in [9.17, 15) is 0 Å². The van der Waals surface area contributed by atoms with Gasteiger partial charge >= 0.3 is 0 Å². The zero-order chi connectivity index (χ0) is 34.8. The van der Waals surface area contributed by atoms with Crippen molar-refractivity contribution in [2.75, 3.05) is 0 Å². The Balaban J connectivity index is 1.19. The monoisotopic (exact) mass is 682 g/mol. The van der Waals surface area contributed by atoms with Crippen molar-refractivity contribution in [3.63, 3.8) is 0 Å². The smallest absolute Gasteiger partial charge is 0.160 e. The molecule has 0 spiro atoms. The normalized spacial score (nSPS) is 13.0. The highest BCUT2D eigenvalue weighted by Crippen LogP contribution is 2.49. The first-order valence-corrected chi connectivity index (χ1v) is 18.6.